The van der Waals surface area contributed by atoms with Crippen LogP contribution in [-0.4, -0.2) is 41.7 Å². The Morgan fingerprint density at radius 2 is 2.00 bits per heavy atom. The maximum absolute atomic E-state index is 12.4. The number of carbonyl (C=O) groups is 1. The topological polar surface area (TPSA) is 66.6 Å². The Balaban J connectivity index is 2.17. The third kappa shape index (κ3) is 3.09. The molecule has 2 rings (SSSR count). The summed E-state index contributed by atoms with van der Waals surface area (Å²) in [7, 11) is 0. The van der Waals surface area contributed by atoms with Crippen molar-refractivity contribution in [2.24, 2.45) is 11.7 Å². The molecule has 0 aromatic heterocycles. The summed E-state index contributed by atoms with van der Waals surface area (Å²) in [6.45, 7) is 2.95. The van der Waals surface area contributed by atoms with E-state index in [4.69, 9.17) is 34.0 Å². The van der Waals surface area contributed by atoms with E-state index in [9.17, 15) is 4.79 Å². The molecule has 4 nitrogen and oxygen atoms in total. The molecular formula is C14H18Cl2N2O2. The quantitative estimate of drug-likeness (QED) is 0.897. The molecule has 0 unspecified atom stereocenters. The van der Waals surface area contributed by atoms with Gasteiger partial charge in [-0.15, -0.1) is 0 Å². The van der Waals surface area contributed by atoms with Crippen molar-refractivity contribution in [1.29, 1.82) is 0 Å². The van der Waals surface area contributed by atoms with Gasteiger partial charge in [0.2, 0.25) is 0 Å². The molecule has 1 heterocycles. The molecule has 0 aliphatic carbocycles. The van der Waals surface area contributed by atoms with E-state index in [1.54, 1.807) is 17.0 Å². The van der Waals surface area contributed by atoms with Gasteiger partial charge in [-0.1, -0.05) is 23.2 Å². The standard InChI is InChI=1S/C14H18Cl2N2O2/c1-8-11(15)4-10(5-12(8)16)14(20)18-6-9(2-3-19)13(17)7-18/h4-5,9,13,19H,2-3,6-7,17H2,1H3/t9-,13-/m1/s1. The van der Waals surface area contributed by atoms with Gasteiger partial charge in [0.15, 0.2) is 0 Å². The highest BCUT2D eigenvalue weighted by Crippen LogP contribution is 2.27. The van der Waals surface area contributed by atoms with Crippen LogP contribution < -0.4 is 5.73 Å². The number of nitrogens with two attached hydrogens (primary N) is 1. The van der Waals surface area contributed by atoms with Crippen molar-refractivity contribution in [3.8, 4) is 0 Å². The van der Waals surface area contributed by atoms with E-state index >= 15 is 0 Å². The first-order valence-electron chi connectivity index (χ1n) is 6.55. The fourth-order valence-electron chi connectivity index (χ4n) is 2.48. The van der Waals surface area contributed by atoms with Crippen molar-refractivity contribution in [2.45, 2.75) is 19.4 Å². The summed E-state index contributed by atoms with van der Waals surface area (Å²) in [4.78, 5) is 14.1. The van der Waals surface area contributed by atoms with Crippen molar-refractivity contribution < 1.29 is 9.90 Å². The van der Waals surface area contributed by atoms with Gasteiger partial charge in [-0.05, 0) is 37.0 Å². The van der Waals surface area contributed by atoms with Crippen LogP contribution in [0.25, 0.3) is 0 Å². The van der Waals surface area contributed by atoms with E-state index in [1.807, 2.05) is 6.92 Å². The third-order valence-corrected chi connectivity index (χ3v) is 4.59. The van der Waals surface area contributed by atoms with E-state index in [1.165, 1.54) is 0 Å². The highest BCUT2D eigenvalue weighted by molar-refractivity contribution is 6.36. The number of benzene rings is 1. The lowest BCUT2D eigenvalue weighted by Gasteiger charge is -2.17. The van der Waals surface area contributed by atoms with Gasteiger partial charge < -0.3 is 15.7 Å². The second kappa shape index (κ2) is 6.31. The Morgan fingerprint density at radius 3 is 2.55 bits per heavy atom. The minimum Gasteiger partial charge on any atom is -0.396 e. The monoisotopic (exact) mass is 316 g/mol. The summed E-state index contributed by atoms with van der Waals surface area (Å²) in [6.07, 6.45) is 0.611. The number of aliphatic hydroxyl groups excluding tert-OH is 1. The van der Waals surface area contributed by atoms with Gasteiger partial charge in [-0.2, -0.15) is 0 Å². The molecule has 6 heteroatoms. The molecule has 0 saturated carbocycles. The van der Waals surface area contributed by atoms with Gasteiger partial charge in [0.25, 0.3) is 5.91 Å². The molecule has 20 heavy (non-hydrogen) atoms. The maximum atomic E-state index is 12.4. The van der Waals surface area contributed by atoms with Crippen LogP contribution in [0, 0.1) is 12.8 Å². The summed E-state index contributed by atoms with van der Waals surface area (Å²) in [5, 5.41) is 9.96. The first-order valence-corrected chi connectivity index (χ1v) is 7.31. The number of rotatable bonds is 3. The zero-order valence-electron chi connectivity index (χ0n) is 11.3. The predicted molar refractivity (Wildman–Crippen MR) is 80.3 cm³/mol. The van der Waals surface area contributed by atoms with E-state index in [2.05, 4.69) is 0 Å². The number of likely N-dealkylation sites (tertiary alicyclic amines) is 1. The first-order chi connectivity index (χ1) is 9.43. The summed E-state index contributed by atoms with van der Waals surface area (Å²) >= 11 is 12.1. The molecule has 1 amide bonds. The van der Waals surface area contributed by atoms with Crippen LogP contribution >= 0.6 is 23.2 Å². The highest BCUT2D eigenvalue weighted by atomic mass is 35.5. The van der Waals surface area contributed by atoms with Crippen molar-refractivity contribution >= 4 is 29.1 Å². The van der Waals surface area contributed by atoms with Crippen molar-refractivity contribution in [3.63, 3.8) is 0 Å². The molecule has 2 atom stereocenters. The molecular weight excluding hydrogens is 299 g/mol. The average molecular weight is 317 g/mol. The van der Waals surface area contributed by atoms with Crippen LogP contribution in [0.5, 0.6) is 0 Å². The molecule has 3 N–H and O–H groups in total. The van der Waals surface area contributed by atoms with Gasteiger partial charge in [-0.3, -0.25) is 4.79 Å². The predicted octanol–water partition coefficient (Wildman–Crippen LogP) is 2.08. The Hall–Kier alpha value is -0.810. The van der Waals surface area contributed by atoms with E-state index in [-0.39, 0.29) is 24.5 Å². The fraction of sp³-hybridized carbons (Fsp3) is 0.500. The molecule has 0 spiro atoms. The molecule has 1 aromatic rings. The normalized spacial score (nSPS) is 22.4. The number of hydrogen-bond acceptors (Lipinski definition) is 3. The van der Waals surface area contributed by atoms with Crippen LogP contribution in [0.4, 0.5) is 0 Å². The number of amides is 1. The Labute approximate surface area is 128 Å². The molecule has 1 saturated heterocycles. The van der Waals surface area contributed by atoms with Gasteiger partial charge >= 0.3 is 0 Å². The van der Waals surface area contributed by atoms with Crippen molar-refractivity contribution in [2.75, 3.05) is 19.7 Å². The van der Waals surface area contributed by atoms with Gasteiger partial charge in [0, 0.05) is 41.3 Å². The summed E-state index contributed by atoms with van der Waals surface area (Å²) in [6, 6.07) is 3.17. The van der Waals surface area contributed by atoms with Crippen molar-refractivity contribution in [1.82, 2.24) is 4.90 Å². The molecule has 0 bridgehead atoms. The smallest absolute Gasteiger partial charge is 0.254 e. The lowest BCUT2D eigenvalue weighted by atomic mass is 10.0. The SMILES string of the molecule is Cc1c(Cl)cc(C(=O)N2C[C@@H](CCO)[C@H](N)C2)cc1Cl. The van der Waals surface area contributed by atoms with Gasteiger partial charge in [0.05, 0.1) is 0 Å². The summed E-state index contributed by atoms with van der Waals surface area (Å²) < 4.78 is 0. The highest BCUT2D eigenvalue weighted by Gasteiger charge is 2.33. The van der Waals surface area contributed by atoms with Gasteiger partial charge in [0.1, 0.15) is 0 Å². The average Bonchev–Trinajstić information content (AvgIpc) is 2.76. The molecule has 0 radical (unpaired) electrons. The largest absolute Gasteiger partial charge is 0.396 e. The zero-order valence-corrected chi connectivity index (χ0v) is 12.8. The van der Waals surface area contributed by atoms with E-state index in [0.717, 1.165) is 5.56 Å². The minimum absolute atomic E-state index is 0.0859. The van der Waals surface area contributed by atoms with Crippen LogP contribution in [-0.2, 0) is 0 Å². The number of nitrogens with zero attached hydrogens (tertiary/aromatic N) is 1. The molecule has 1 fully saturated rings. The second-order valence-corrected chi connectivity index (χ2v) is 6.03. The van der Waals surface area contributed by atoms with Crippen LogP contribution in [0.1, 0.15) is 22.3 Å². The maximum Gasteiger partial charge on any atom is 0.254 e. The first kappa shape index (κ1) is 15.6. The number of hydrogen-bond donors (Lipinski definition) is 2. The minimum atomic E-state index is -0.121. The van der Waals surface area contributed by atoms with Crippen LogP contribution in [0.3, 0.4) is 0 Å². The third-order valence-electron chi connectivity index (χ3n) is 3.81. The summed E-state index contributed by atoms with van der Waals surface area (Å²) in [5.41, 5.74) is 7.24. The lowest BCUT2D eigenvalue weighted by molar-refractivity contribution is 0.0784. The molecule has 1 aromatic carbocycles. The Kier molecular flexibility index (Phi) is 4.91. The van der Waals surface area contributed by atoms with E-state index < -0.39 is 0 Å². The Bertz CT molecular complexity index is 499. The number of carbonyl (C=O) groups excluding carboxylic acids is 1. The lowest BCUT2D eigenvalue weighted by Crippen LogP contribution is -2.32. The number of aliphatic hydroxyl groups is 1. The van der Waals surface area contributed by atoms with Crippen LogP contribution in [0.2, 0.25) is 10.0 Å². The zero-order chi connectivity index (χ0) is 14.9. The molecule has 1 aliphatic rings. The van der Waals surface area contributed by atoms with Gasteiger partial charge in [-0.25, -0.2) is 0 Å². The van der Waals surface area contributed by atoms with E-state index in [0.29, 0.717) is 35.1 Å². The van der Waals surface area contributed by atoms with Crippen LogP contribution in [0.15, 0.2) is 12.1 Å². The molecule has 1 aliphatic heterocycles. The Morgan fingerprint density at radius 1 is 1.40 bits per heavy atom. The summed E-state index contributed by atoms with van der Waals surface area (Å²) in [5.74, 6) is 0.0185. The number of halogens is 2. The fourth-order valence-corrected chi connectivity index (χ4v) is 2.97. The van der Waals surface area contributed by atoms with Crippen molar-refractivity contribution in [3.05, 3.63) is 33.3 Å². The second-order valence-electron chi connectivity index (χ2n) is 5.21. The molecule has 110 valence electrons.